The van der Waals surface area contributed by atoms with Crippen molar-refractivity contribution in [3.63, 3.8) is 0 Å². The lowest BCUT2D eigenvalue weighted by Crippen LogP contribution is -2.51. The molecule has 0 N–H and O–H groups in total. The smallest absolute Gasteiger partial charge is 0.228 e. The van der Waals surface area contributed by atoms with E-state index in [4.69, 9.17) is 0 Å². The number of nitrogens with zero attached hydrogens (tertiary/aromatic N) is 5. The standard InChI is InChI=1S/C18H29N5O/c1-18(2,3)17(24)23-13-11-22(12-14-23)16-8-7-15(19-20-16)21-9-5-4-6-10-21/h7-8H,4-6,9-14H2,1-3H3. The Labute approximate surface area is 144 Å². The summed E-state index contributed by atoms with van der Waals surface area (Å²) in [6.07, 6.45) is 3.81. The number of amides is 1. The molecule has 0 aromatic carbocycles. The van der Waals surface area contributed by atoms with Crippen LogP contribution in [0.2, 0.25) is 0 Å². The first kappa shape index (κ1) is 17.0. The maximum absolute atomic E-state index is 12.4. The van der Waals surface area contributed by atoms with Crippen molar-refractivity contribution >= 4 is 17.5 Å². The maximum atomic E-state index is 12.4. The minimum Gasteiger partial charge on any atom is -0.355 e. The lowest BCUT2D eigenvalue weighted by molar-refractivity contribution is -0.139. The first-order valence-corrected chi connectivity index (χ1v) is 9.08. The van der Waals surface area contributed by atoms with Crippen LogP contribution in [0.3, 0.4) is 0 Å². The molecule has 132 valence electrons. The Kier molecular flexibility index (Phi) is 4.92. The zero-order valence-corrected chi connectivity index (χ0v) is 15.2. The summed E-state index contributed by atoms with van der Waals surface area (Å²) in [6, 6.07) is 4.15. The Hall–Kier alpha value is -1.85. The van der Waals surface area contributed by atoms with Crippen molar-refractivity contribution in [1.29, 1.82) is 0 Å². The van der Waals surface area contributed by atoms with E-state index in [1.54, 1.807) is 0 Å². The molecule has 2 aliphatic heterocycles. The summed E-state index contributed by atoms with van der Waals surface area (Å²) in [5, 5.41) is 8.85. The Morgan fingerprint density at radius 1 is 0.833 bits per heavy atom. The van der Waals surface area contributed by atoms with Crippen LogP contribution in [0.5, 0.6) is 0 Å². The molecule has 0 bridgehead atoms. The molecule has 0 spiro atoms. The molecule has 0 unspecified atom stereocenters. The van der Waals surface area contributed by atoms with E-state index in [1.165, 1.54) is 19.3 Å². The number of piperazine rings is 1. The fraction of sp³-hybridized carbons (Fsp3) is 0.722. The number of carbonyl (C=O) groups is 1. The third kappa shape index (κ3) is 3.79. The van der Waals surface area contributed by atoms with Gasteiger partial charge in [-0.25, -0.2) is 0 Å². The van der Waals surface area contributed by atoms with Gasteiger partial charge in [-0.05, 0) is 31.4 Å². The highest BCUT2D eigenvalue weighted by Crippen LogP contribution is 2.22. The molecular formula is C18H29N5O. The van der Waals surface area contributed by atoms with Crippen molar-refractivity contribution in [3.05, 3.63) is 12.1 Å². The van der Waals surface area contributed by atoms with Crippen molar-refractivity contribution in [2.24, 2.45) is 5.41 Å². The van der Waals surface area contributed by atoms with Gasteiger partial charge in [0.25, 0.3) is 0 Å². The zero-order valence-electron chi connectivity index (χ0n) is 15.2. The van der Waals surface area contributed by atoms with Gasteiger partial charge in [0, 0.05) is 44.7 Å². The van der Waals surface area contributed by atoms with Crippen LogP contribution in [0.25, 0.3) is 0 Å². The maximum Gasteiger partial charge on any atom is 0.228 e. The molecule has 6 nitrogen and oxygen atoms in total. The summed E-state index contributed by atoms with van der Waals surface area (Å²) >= 11 is 0. The summed E-state index contributed by atoms with van der Waals surface area (Å²) in [5.74, 6) is 2.13. The number of carbonyl (C=O) groups excluding carboxylic acids is 1. The van der Waals surface area contributed by atoms with Crippen LogP contribution in [-0.2, 0) is 4.79 Å². The van der Waals surface area contributed by atoms with Crippen LogP contribution in [0, 0.1) is 5.41 Å². The number of rotatable bonds is 2. The van der Waals surface area contributed by atoms with Crippen molar-refractivity contribution < 1.29 is 4.79 Å². The van der Waals surface area contributed by atoms with Crippen molar-refractivity contribution in [1.82, 2.24) is 15.1 Å². The van der Waals surface area contributed by atoms with E-state index in [2.05, 4.69) is 32.1 Å². The van der Waals surface area contributed by atoms with Gasteiger partial charge in [-0.2, -0.15) is 0 Å². The number of hydrogen-bond acceptors (Lipinski definition) is 5. The van der Waals surface area contributed by atoms with E-state index in [9.17, 15) is 4.79 Å². The summed E-state index contributed by atoms with van der Waals surface area (Å²) in [6.45, 7) is 11.3. The SMILES string of the molecule is CC(C)(C)C(=O)N1CCN(c2ccc(N3CCCCC3)nn2)CC1. The Bertz CT molecular complexity index is 552. The van der Waals surface area contributed by atoms with Gasteiger partial charge in [-0.3, -0.25) is 4.79 Å². The minimum absolute atomic E-state index is 0.230. The molecule has 1 aromatic rings. The van der Waals surface area contributed by atoms with Crippen molar-refractivity contribution in [2.45, 2.75) is 40.0 Å². The third-order valence-corrected chi connectivity index (χ3v) is 4.85. The highest BCUT2D eigenvalue weighted by molar-refractivity contribution is 5.81. The molecule has 0 saturated carbocycles. The monoisotopic (exact) mass is 331 g/mol. The highest BCUT2D eigenvalue weighted by atomic mass is 16.2. The second kappa shape index (κ2) is 6.95. The third-order valence-electron chi connectivity index (χ3n) is 4.85. The molecule has 3 rings (SSSR count). The fourth-order valence-corrected chi connectivity index (χ4v) is 3.39. The van der Waals surface area contributed by atoms with Gasteiger partial charge in [-0.1, -0.05) is 20.8 Å². The lowest BCUT2D eigenvalue weighted by atomic mass is 9.94. The first-order valence-electron chi connectivity index (χ1n) is 9.08. The number of piperidine rings is 1. The van der Waals surface area contributed by atoms with Gasteiger partial charge in [0.15, 0.2) is 11.6 Å². The van der Waals surface area contributed by atoms with Crippen LogP contribution in [0.1, 0.15) is 40.0 Å². The topological polar surface area (TPSA) is 52.6 Å². The Morgan fingerprint density at radius 3 is 1.79 bits per heavy atom. The average molecular weight is 331 g/mol. The van der Waals surface area contributed by atoms with E-state index in [0.717, 1.165) is 50.9 Å². The summed E-state index contributed by atoms with van der Waals surface area (Å²) < 4.78 is 0. The van der Waals surface area contributed by atoms with Gasteiger partial charge < -0.3 is 14.7 Å². The van der Waals surface area contributed by atoms with Crippen LogP contribution < -0.4 is 9.80 Å². The van der Waals surface area contributed by atoms with E-state index in [1.807, 2.05) is 25.7 Å². The second-order valence-electron chi connectivity index (χ2n) is 7.83. The molecule has 0 aliphatic carbocycles. The number of anilines is 2. The van der Waals surface area contributed by atoms with Crippen LogP contribution in [-0.4, -0.2) is 60.3 Å². The molecule has 0 atom stereocenters. The second-order valence-corrected chi connectivity index (χ2v) is 7.83. The largest absolute Gasteiger partial charge is 0.355 e. The lowest BCUT2D eigenvalue weighted by Gasteiger charge is -2.38. The molecule has 24 heavy (non-hydrogen) atoms. The zero-order chi connectivity index (χ0) is 17.2. The predicted molar refractivity (Wildman–Crippen MR) is 96.3 cm³/mol. The van der Waals surface area contributed by atoms with Gasteiger partial charge in [0.1, 0.15) is 0 Å². The van der Waals surface area contributed by atoms with Crippen LogP contribution in [0.4, 0.5) is 11.6 Å². The van der Waals surface area contributed by atoms with Crippen LogP contribution >= 0.6 is 0 Å². The number of hydrogen-bond donors (Lipinski definition) is 0. The molecule has 3 heterocycles. The van der Waals surface area contributed by atoms with E-state index in [-0.39, 0.29) is 11.3 Å². The van der Waals surface area contributed by atoms with Gasteiger partial charge in [0.2, 0.25) is 5.91 Å². The molecule has 2 fully saturated rings. The molecule has 1 amide bonds. The fourth-order valence-electron chi connectivity index (χ4n) is 3.39. The summed E-state index contributed by atoms with van der Waals surface area (Å²) in [4.78, 5) is 18.9. The highest BCUT2D eigenvalue weighted by Gasteiger charge is 2.30. The Balaban J connectivity index is 1.57. The molecular weight excluding hydrogens is 302 g/mol. The van der Waals surface area contributed by atoms with Gasteiger partial charge in [-0.15, -0.1) is 10.2 Å². The molecule has 2 aliphatic rings. The van der Waals surface area contributed by atoms with Crippen LogP contribution in [0.15, 0.2) is 12.1 Å². The van der Waals surface area contributed by atoms with Gasteiger partial charge >= 0.3 is 0 Å². The first-order chi connectivity index (χ1) is 11.4. The summed E-state index contributed by atoms with van der Waals surface area (Å²) in [5.41, 5.74) is -0.307. The average Bonchev–Trinajstić information content (AvgIpc) is 2.61. The summed E-state index contributed by atoms with van der Waals surface area (Å²) in [7, 11) is 0. The molecule has 1 aromatic heterocycles. The molecule has 0 radical (unpaired) electrons. The van der Waals surface area contributed by atoms with Crippen molar-refractivity contribution in [3.8, 4) is 0 Å². The van der Waals surface area contributed by atoms with E-state index < -0.39 is 0 Å². The normalized spacial score (nSPS) is 19.5. The predicted octanol–water partition coefficient (Wildman–Crippen LogP) is 2.16. The van der Waals surface area contributed by atoms with Gasteiger partial charge in [0.05, 0.1) is 0 Å². The van der Waals surface area contributed by atoms with E-state index >= 15 is 0 Å². The number of aromatic nitrogens is 2. The quantitative estimate of drug-likeness (QED) is 0.831. The van der Waals surface area contributed by atoms with E-state index in [0.29, 0.717) is 0 Å². The molecule has 2 saturated heterocycles. The van der Waals surface area contributed by atoms with Crippen molar-refractivity contribution in [2.75, 3.05) is 49.1 Å². The molecule has 6 heteroatoms. The Morgan fingerprint density at radius 2 is 1.33 bits per heavy atom. The minimum atomic E-state index is -0.307.